The van der Waals surface area contributed by atoms with Crippen molar-refractivity contribution in [1.82, 2.24) is 0 Å². The number of fused-ring (bicyclic) bond motifs is 3. The van der Waals surface area contributed by atoms with E-state index in [4.69, 9.17) is 18.9 Å². The van der Waals surface area contributed by atoms with Gasteiger partial charge in [0.2, 0.25) is 34.8 Å². The molecule has 3 aliphatic rings. The number of aryl methyl sites for hydroxylation is 1. The Morgan fingerprint density at radius 1 is 1.07 bits per heavy atom. The lowest BCUT2D eigenvalue weighted by atomic mass is 9.60. The number of phenols is 1. The maximum atomic E-state index is 13.7. The van der Waals surface area contributed by atoms with Gasteiger partial charge in [-0.3, -0.25) is 14.4 Å². The van der Waals surface area contributed by atoms with Crippen LogP contribution in [0.5, 0.6) is 11.5 Å². The van der Waals surface area contributed by atoms with Crippen LogP contribution in [0.15, 0.2) is 24.0 Å². The van der Waals surface area contributed by atoms with Crippen LogP contribution < -0.4 is 4.74 Å². The molecule has 1 fully saturated rings. The van der Waals surface area contributed by atoms with E-state index in [2.05, 4.69) is 0 Å². The average Bonchev–Trinajstić information content (AvgIpc) is 2.94. The molecule has 1 saturated heterocycles. The van der Waals surface area contributed by atoms with Crippen molar-refractivity contribution in [2.24, 2.45) is 0 Å². The summed E-state index contributed by atoms with van der Waals surface area (Å²) in [6.45, 7) is 2.88. The van der Waals surface area contributed by atoms with Gasteiger partial charge in [-0.25, -0.2) is 4.79 Å². The minimum atomic E-state index is -3.51. The monoisotopic (exact) mass is 588 g/mol. The standard InChI is InChI=1S/C28H28O14/c1-9-18-11(6-14(19(9)26(36)40-4)42-17-7-13(29)21(31)10(2)41-17)5-12-20(22(18)32)25(35)27(37)16(30)8-15(39-3)24(34)28(27,38)23(12)33/h5-6,8,10,13,17,21,24,29,31-32,34,37-38H,7H2,1-4H3/t10-,13+,17+,21-,24-,27-,28-/m1/s1. The summed E-state index contributed by atoms with van der Waals surface area (Å²) in [7, 11) is 2.13. The van der Waals surface area contributed by atoms with Crippen molar-refractivity contribution >= 4 is 34.1 Å². The fraction of sp³-hybridized carbons (Fsp3) is 0.429. The number of phenolic OH excluding ortho intramolecular Hbond substituents is 1. The number of methoxy groups -OCH3 is 2. The Morgan fingerprint density at radius 3 is 2.33 bits per heavy atom. The summed E-state index contributed by atoms with van der Waals surface area (Å²) >= 11 is 0. The first kappa shape index (κ1) is 29.6. The van der Waals surface area contributed by atoms with Gasteiger partial charge in [0, 0.05) is 23.4 Å². The third-order valence-electron chi connectivity index (χ3n) is 8.17. The van der Waals surface area contributed by atoms with Gasteiger partial charge in [0.05, 0.1) is 32.0 Å². The maximum absolute atomic E-state index is 13.7. The number of carbonyl (C=O) groups is 4. The van der Waals surface area contributed by atoms with Gasteiger partial charge in [0.15, 0.2) is 6.10 Å². The molecule has 0 aromatic heterocycles. The molecule has 0 amide bonds. The Morgan fingerprint density at radius 2 is 1.74 bits per heavy atom. The Hall–Kier alpha value is -3.92. The highest BCUT2D eigenvalue weighted by atomic mass is 16.7. The van der Waals surface area contributed by atoms with Gasteiger partial charge in [-0.15, -0.1) is 0 Å². The van der Waals surface area contributed by atoms with Gasteiger partial charge in [-0.05, 0) is 36.9 Å². The lowest BCUT2D eigenvalue weighted by molar-refractivity contribution is -0.216. The number of ether oxygens (including phenoxy) is 4. The molecule has 224 valence electrons. The zero-order valence-corrected chi connectivity index (χ0v) is 22.8. The fourth-order valence-corrected chi connectivity index (χ4v) is 5.85. The number of carbonyl (C=O) groups excluding carboxylic acids is 4. The maximum Gasteiger partial charge on any atom is 0.341 e. The Labute approximate surface area is 237 Å². The summed E-state index contributed by atoms with van der Waals surface area (Å²) in [4.78, 5) is 53.1. The number of hydrogen-bond donors (Lipinski definition) is 6. The molecule has 2 aliphatic carbocycles. The van der Waals surface area contributed by atoms with Crippen molar-refractivity contribution in [3.8, 4) is 11.5 Å². The van der Waals surface area contributed by atoms with E-state index in [1.54, 1.807) is 0 Å². The van der Waals surface area contributed by atoms with Crippen LogP contribution in [0.2, 0.25) is 0 Å². The van der Waals surface area contributed by atoms with Crippen molar-refractivity contribution < 1.29 is 68.8 Å². The molecule has 0 spiro atoms. The van der Waals surface area contributed by atoms with Gasteiger partial charge in [-0.1, -0.05) is 0 Å². The molecule has 6 N–H and O–H groups in total. The minimum absolute atomic E-state index is 0.00346. The molecular weight excluding hydrogens is 560 g/mol. The number of ketones is 3. The fourth-order valence-electron chi connectivity index (χ4n) is 5.85. The van der Waals surface area contributed by atoms with E-state index < -0.39 is 87.9 Å². The molecule has 0 saturated carbocycles. The summed E-state index contributed by atoms with van der Waals surface area (Å²) in [6.07, 6.45) is -6.32. The highest BCUT2D eigenvalue weighted by Gasteiger charge is 2.73. The molecule has 14 nitrogen and oxygen atoms in total. The first-order chi connectivity index (χ1) is 19.6. The van der Waals surface area contributed by atoms with Crippen LogP contribution in [0.3, 0.4) is 0 Å². The van der Waals surface area contributed by atoms with Gasteiger partial charge in [0.25, 0.3) is 0 Å². The predicted octanol–water partition coefficient (Wildman–Crippen LogP) is -0.809. The van der Waals surface area contributed by atoms with Crippen LogP contribution in [0.1, 0.15) is 50.0 Å². The van der Waals surface area contributed by atoms with E-state index in [0.717, 1.165) is 20.3 Å². The lowest BCUT2D eigenvalue weighted by Crippen LogP contribution is -2.76. The van der Waals surface area contributed by atoms with Crippen LogP contribution in [0, 0.1) is 6.92 Å². The third-order valence-corrected chi connectivity index (χ3v) is 8.17. The minimum Gasteiger partial charge on any atom is -0.507 e. The topological polar surface area (TPSA) is 227 Å². The molecule has 1 heterocycles. The van der Waals surface area contributed by atoms with E-state index in [-0.39, 0.29) is 34.1 Å². The van der Waals surface area contributed by atoms with Crippen molar-refractivity contribution in [3.63, 3.8) is 0 Å². The van der Waals surface area contributed by atoms with Gasteiger partial charge < -0.3 is 49.6 Å². The normalized spacial score (nSPS) is 32.6. The summed E-state index contributed by atoms with van der Waals surface area (Å²) in [5, 5.41) is 64.7. The predicted molar refractivity (Wildman–Crippen MR) is 138 cm³/mol. The lowest BCUT2D eigenvalue weighted by Gasteiger charge is -2.47. The zero-order valence-electron chi connectivity index (χ0n) is 22.8. The zero-order chi connectivity index (χ0) is 31.0. The van der Waals surface area contributed by atoms with Crippen LogP contribution in [0.4, 0.5) is 0 Å². The molecule has 0 unspecified atom stereocenters. The number of aromatic hydroxyl groups is 1. The largest absolute Gasteiger partial charge is 0.507 e. The van der Waals surface area contributed by atoms with E-state index in [0.29, 0.717) is 6.08 Å². The second-order valence-corrected chi connectivity index (χ2v) is 10.4. The highest BCUT2D eigenvalue weighted by Crippen LogP contribution is 2.49. The number of hydrogen-bond acceptors (Lipinski definition) is 14. The molecule has 0 bridgehead atoms. The quantitative estimate of drug-likeness (QED) is 0.190. The van der Waals surface area contributed by atoms with Crippen molar-refractivity contribution in [3.05, 3.63) is 46.2 Å². The van der Waals surface area contributed by atoms with Crippen molar-refractivity contribution in [2.75, 3.05) is 14.2 Å². The van der Waals surface area contributed by atoms with E-state index >= 15 is 0 Å². The van der Waals surface area contributed by atoms with Gasteiger partial charge >= 0.3 is 5.97 Å². The number of Topliss-reactive ketones (excluding diaryl/α,β-unsaturated/α-hetero) is 2. The van der Waals surface area contributed by atoms with Crippen LogP contribution >= 0.6 is 0 Å². The molecule has 42 heavy (non-hydrogen) atoms. The van der Waals surface area contributed by atoms with Crippen LogP contribution in [0.25, 0.3) is 10.8 Å². The number of aliphatic hydroxyl groups excluding tert-OH is 3. The molecule has 14 heteroatoms. The first-order valence-corrected chi connectivity index (χ1v) is 12.8. The molecule has 2 aromatic carbocycles. The first-order valence-electron chi connectivity index (χ1n) is 12.8. The summed E-state index contributed by atoms with van der Waals surface area (Å²) in [6, 6.07) is 2.28. The molecule has 7 atom stereocenters. The van der Waals surface area contributed by atoms with E-state index in [9.17, 15) is 49.8 Å². The Bertz CT molecular complexity index is 1580. The highest BCUT2D eigenvalue weighted by molar-refractivity contribution is 6.35. The number of benzene rings is 2. The number of rotatable bonds is 4. The third kappa shape index (κ3) is 3.73. The van der Waals surface area contributed by atoms with Gasteiger partial charge in [-0.2, -0.15) is 0 Å². The summed E-state index contributed by atoms with van der Waals surface area (Å²) in [5.74, 6) is -7.05. The van der Waals surface area contributed by atoms with E-state index in [1.807, 2.05) is 0 Å². The van der Waals surface area contributed by atoms with Crippen LogP contribution in [-0.4, -0.2) is 110 Å². The smallest absolute Gasteiger partial charge is 0.341 e. The summed E-state index contributed by atoms with van der Waals surface area (Å²) < 4.78 is 21.2. The van der Waals surface area contributed by atoms with E-state index in [1.165, 1.54) is 19.9 Å². The SMILES string of the molecule is COC(=O)c1c(O[C@H]2C[C@H](O)[C@H](O)[C@@H](C)O2)cc2cc3c(c(O)c2c1C)C(=O)[C@]1(O)C(=O)C=C(OC)[C@@H](O)[C@]1(O)C3=O. The second-order valence-electron chi connectivity index (χ2n) is 10.4. The number of esters is 1. The van der Waals surface area contributed by atoms with Gasteiger partial charge in [0.1, 0.15) is 28.9 Å². The summed E-state index contributed by atoms with van der Waals surface area (Å²) in [5.41, 5.74) is -8.59. The Balaban J connectivity index is 1.74. The molecule has 2 aromatic rings. The Kier molecular flexibility index (Phi) is 6.92. The molecular formula is C28H28O14. The van der Waals surface area contributed by atoms with Crippen LogP contribution in [-0.2, 0) is 19.0 Å². The molecule has 0 radical (unpaired) electrons. The van der Waals surface area contributed by atoms with Crippen molar-refractivity contribution in [2.45, 2.75) is 62.2 Å². The average molecular weight is 589 g/mol. The molecule has 5 rings (SSSR count). The molecule has 1 aliphatic heterocycles. The second kappa shape index (κ2) is 9.83. The number of aliphatic hydroxyl groups is 5. The van der Waals surface area contributed by atoms with Crippen molar-refractivity contribution in [1.29, 1.82) is 0 Å².